The number of carbonyl (C=O) groups is 2. The van der Waals surface area contributed by atoms with E-state index in [0.29, 0.717) is 30.4 Å². The van der Waals surface area contributed by atoms with Gasteiger partial charge in [0.05, 0.1) is 17.8 Å². The predicted octanol–water partition coefficient (Wildman–Crippen LogP) is 5.34. The van der Waals surface area contributed by atoms with Crippen LogP contribution in [0.25, 0.3) is 11.1 Å². The summed E-state index contributed by atoms with van der Waals surface area (Å²) in [5.74, 6) is -0.0265. The Bertz CT molecular complexity index is 1390. The molecule has 2 fully saturated rings. The van der Waals surface area contributed by atoms with Crippen molar-refractivity contribution in [2.24, 2.45) is 5.92 Å². The number of nitrogens with zero attached hydrogens (tertiary/aromatic N) is 3. The summed E-state index contributed by atoms with van der Waals surface area (Å²) >= 11 is 0. The molecular formula is C31H36F4N6O2. The zero-order valence-electron chi connectivity index (χ0n) is 24.2. The summed E-state index contributed by atoms with van der Waals surface area (Å²) in [6, 6.07) is 11.9. The molecule has 3 aromatic rings. The number of nitrogens with one attached hydrogen (secondary N) is 3. The van der Waals surface area contributed by atoms with Crippen LogP contribution in [-0.2, 0) is 22.3 Å². The molecule has 1 aliphatic heterocycles. The van der Waals surface area contributed by atoms with Crippen molar-refractivity contribution in [2.75, 3.05) is 62.8 Å². The smallest absolute Gasteiger partial charge is 0.374 e. The molecule has 5 rings (SSSR count). The highest BCUT2D eigenvalue weighted by Gasteiger charge is 2.34. The van der Waals surface area contributed by atoms with Crippen LogP contribution in [0.1, 0.15) is 24.0 Å². The molecule has 8 nitrogen and oxygen atoms in total. The summed E-state index contributed by atoms with van der Waals surface area (Å²) in [4.78, 5) is 30.3. The van der Waals surface area contributed by atoms with Gasteiger partial charge < -0.3 is 25.6 Å². The van der Waals surface area contributed by atoms with Gasteiger partial charge in [0.15, 0.2) is 0 Å². The molecule has 230 valence electrons. The molecule has 1 aliphatic carbocycles. The van der Waals surface area contributed by atoms with Gasteiger partial charge in [-0.15, -0.1) is 0 Å². The number of carbonyl (C=O) groups excluding carboxylic acids is 2. The summed E-state index contributed by atoms with van der Waals surface area (Å²) in [6.45, 7) is 2.84. The van der Waals surface area contributed by atoms with Crippen molar-refractivity contribution in [1.29, 1.82) is 0 Å². The summed E-state index contributed by atoms with van der Waals surface area (Å²) in [5.41, 5.74) is 0.853. The largest absolute Gasteiger partial charge is 0.416 e. The molecule has 2 aliphatic rings. The lowest BCUT2D eigenvalue weighted by Crippen LogP contribution is -2.44. The number of halogens is 4. The van der Waals surface area contributed by atoms with E-state index < -0.39 is 23.5 Å². The first kappa shape index (κ1) is 31.9. The molecule has 0 radical (unpaired) electrons. The number of aldehydes is 1. The van der Waals surface area contributed by atoms with E-state index >= 15 is 0 Å². The topological polar surface area (TPSA) is 89.6 Å². The highest BCUT2D eigenvalue weighted by molar-refractivity contribution is 5.94. The number of anilines is 3. The van der Waals surface area contributed by atoms with Gasteiger partial charge in [0.25, 0.3) is 0 Å². The molecule has 1 saturated carbocycles. The SMILES string of the molecule is CNc1ccc(-c2ccc(NCC(=O)Nc3ccc(CN4CCN(C)CC4)c(C(F)(F)F)c3)c(F)c2)cn1.O=CC1CC1. The van der Waals surface area contributed by atoms with Crippen LogP contribution in [0.2, 0.25) is 0 Å². The second kappa shape index (κ2) is 14.4. The van der Waals surface area contributed by atoms with Crippen LogP contribution in [-0.4, -0.2) is 73.8 Å². The average molecular weight is 601 g/mol. The maximum absolute atomic E-state index is 14.6. The molecule has 2 heterocycles. The first-order chi connectivity index (χ1) is 20.5. The van der Waals surface area contributed by atoms with Crippen molar-refractivity contribution in [3.63, 3.8) is 0 Å². The molecule has 1 saturated heterocycles. The first-order valence-electron chi connectivity index (χ1n) is 14.1. The summed E-state index contributed by atoms with van der Waals surface area (Å²) in [6.07, 6.45) is 0.369. The van der Waals surface area contributed by atoms with E-state index in [1.807, 2.05) is 11.9 Å². The Morgan fingerprint density at radius 2 is 1.74 bits per heavy atom. The van der Waals surface area contributed by atoms with Gasteiger partial charge in [0.1, 0.15) is 17.9 Å². The number of likely N-dealkylation sites (N-methyl/N-ethyl adjacent to an activating group) is 1. The molecule has 2 aromatic carbocycles. The Labute approximate surface area is 248 Å². The Hall–Kier alpha value is -4.03. The highest BCUT2D eigenvalue weighted by atomic mass is 19.4. The summed E-state index contributed by atoms with van der Waals surface area (Å²) in [7, 11) is 3.73. The number of hydrogen-bond donors (Lipinski definition) is 3. The third kappa shape index (κ3) is 9.48. The Balaban J connectivity index is 0.000000767. The zero-order valence-corrected chi connectivity index (χ0v) is 24.2. The zero-order chi connectivity index (χ0) is 31.0. The Kier molecular flexibility index (Phi) is 10.7. The lowest BCUT2D eigenvalue weighted by atomic mass is 10.0. The molecule has 0 unspecified atom stereocenters. The fourth-order valence-electron chi connectivity index (χ4n) is 4.47. The van der Waals surface area contributed by atoms with Crippen LogP contribution in [0.3, 0.4) is 0 Å². The third-order valence-corrected chi connectivity index (χ3v) is 7.26. The van der Waals surface area contributed by atoms with Gasteiger partial charge >= 0.3 is 6.18 Å². The van der Waals surface area contributed by atoms with Crippen molar-refractivity contribution in [3.05, 3.63) is 71.7 Å². The molecule has 1 aromatic heterocycles. The number of alkyl halides is 3. The molecule has 12 heteroatoms. The van der Waals surface area contributed by atoms with Crippen molar-refractivity contribution in [3.8, 4) is 11.1 Å². The summed E-state index contributed by atoms with van der Waals surface area (Å²) < 4.78 is 56.0. The van der Waals surface area contributed by atoms with Gasteiger partial charge in [0.2, 0.25) is 5.91 Å². The van der Waals surface area contributed by atoms with Gasteiger partial charge in [-0.3, -0.25) is 9.69 Å². The quantitative estimate of drug-likeness (QED) is 0.226. The molecule has 43 heavy (non-hydrogen) atoms. The third-order valence-electron chi connectivity index (χ3n) is 7.26. The van der Waals surface area contributed by atoms with Crippen LogP contribution in [0.5, 0.6) is 0 Å². The molecule has 0 bridgehead atoms. The van der Waals surface area contributed by atoms with E-state index in [1.54, 1.807) is 31.4 Å². The van der Waals surface area contributed by atoms with E-state index in [2.05, 4.69) is 25.8 Å². The molecule has 0 spiro atoms. The van der Waals surface area contributed by atoms with E-state index in [1.165, 1.54) is 24.3 Å². The second-order valence-corrected chi connectivity index (χ2v) is 10.7. The van der Waals surface area contributed by atoms with Crippen molar-refractivity contribution in [1.82, 2.24) is 14.8 Å². The molecule has 3 N–H and O–H groups in total. The van der Waals surface area contributed by atoms with Crippen LogP contribution >= 0.6 is 0 Å². The maximum Gasteiger partial charge on any atom is 0.416 e. The average Bonchev–Trinajstić information content (AvgIpc) is 3.83. The fourth-order valence-corrected chi connectivity index (χ4v) is 4.47. The number of aromatic nitrogens is 1. The number of amides is 1. The number of benzene rings is 2. The van der Waals surface area contributed by atoms with Crippen LogP contribution < -0.4 is 16.0 Å². The minimum Gasteiger partial charge on any atom is -0.374 e. The number of piperazine rings is 1. The fraction of sp³-hybridized carbons (Fsp3) is 0.387. The monoisotopic (exact) mass is 600 g/mol. The van der Waals surface area contributed by atoms with Crippen LogP contribution in [0, 0.1) is 11.7 Å². The van der Waals surface area contributed by atoms with E-state index in [-0.39, 0.29) is 30.0 Å². The summed E-state index contributed by atoms with van der Waals surface area (Å²) in [5, 5.41) is 8.08. The molecule has 0 atom stereocenters. The Morgan fingerprint density at radius 3 is 2.30 bits per heavy atom. The van der Waals surface area contributed by atoms with Gasteiger partial charge in [-0.1, -0.05) is 12.1 Å². The van der Waals surface area contributed by atoms with Crippen LogP contribution in [0.15, 0.2) is 54.7 Å². The minimum absolute atomic E-state index is 0.0274. The van der Waals surface area contributed by atoms with E-state index in [0.717, 1.165) is 43.8 Å². The Morgan fingerprint density at radius 1 is 1.02 bits per heavy atom. The highest BCUT2D eigenvalue weighted by Crippen LogP contribution is 2.34. The van der Waals surface area contributed by atoms with Gasteiger partial charge in [0, 0.05) is 63.1 Å². The van der Waals surface area contributed by atoms with Gasteiger partial charge in [-0.05, 0) is 67.4 Å². The predicted molar refractivity (Wildman–Crippen MR) is 159 cm³/mol. The maximum atomic E-state index is 14.6. The van der Waals surface area contributed by atoms with Gasteiger partial charge in [-0.2, -0.15) is 13.2 Å². The lowest BCUT2D eigenvalue weighted by molar-refractivity contribution is -0.138. The van der Waals surface area contributed by atoms with E-state index in [4.69, 9.17) is 0 Å². The van der Waals surface area contributed by atoms with E-state index in [9.17, 15) is 27.2 Å². The number of pyridine rings is 1. The first-order valence-corrected chi connectivity index (χ1v) is 14.1. The lowest BCUT2D eigenvalue weighted by Gasteiger charge is -2.33. The minimum atomic E-state index is -4.56. The van der Waals surface area contributed by atoms with Gasteiger partial charge in [-0.25, -0.2) is 9.37 Å². The number of hydrogen-bond acceptors (Lipinski definition) is 7. The van der Waals surface area contributed by atoms with Crippen LogP contribution in [0.4, 0.5) is 34.8 Å². The van der Waals surface area contributed by atoms with Crippen molar-refractivity contribution < 1.29 is 27.2 Å². The normalized spacial score (nSPS) is 15.7. The van der Waals surface area contributed by atoms with Crippen molar-refractivity contribution in [2.45, 2.75) is 25.6 Å². The standard InChI is InChI=1S/C27H30F4N6O.C4H6O/c1-32-25-8-5-19(15-34-25)18-4-7-24(23(28)13-18)33-16-26(38)35-21-6-3-20(22(14-21)27(29,30)31)17-37-11-9-36(2)10-12-37;5-3-4-1-2-4/h3-8,13-15,33H,9-12,16-17H2,1-2H3,(H,32,34)(H,35,38);3-4H,1-2H2. The molecule has 1 amide bonds. The second-order valence-electron chi connectivity index (χ2n) is 10.7. The van der Waals surface area contributed by atoms with Crippen molar-refractivity contribution >= 4 is 29.4 Å². The molecular weight excluding hydrogens is 564 g/mol. The number of rotatable bonds is 9.